The maximum absolute atomic E-state index is 12.3. The second-order valence-electron chi connectivity index (χ2n) is 5.44. The van der Waals surface area contributed by atoms with Gasteiger partial charge in [0.05, 0.1) is 0 Å². The fraction of sp³-hybridized carbons (Fsp3) is 0.600. The molecule has 2 rings (SSSR count). The van der Waals surface area contributed by atoms with E-state index in [-0.39, 0.29) is 0 Å². The minimum absolute atomic E-state index is 0.551. The highest BCUT2D eigenvalue weighted by Gasteiger charge is 2.18. The third-order valence-electron chi connectivity index (χ3n) is 3.52. The monoisotopic (exact) mass is 347 g/mol. The number of benzene rings is 1. The summed E-state index contributed by atoms with van der Waals surface area (Å²) >= 11 is 3.43. The normalized spacial score (nSPS) is 20.4. The average Bonchev–Trinajstić information content (AvgIpc) is 2.37. The lowest BCUT2D eigenvalue weighted by Crippen LogP contribution is -2.33. The van der Waals surface area contributed by atoms with Crippen molar-refractivity contribution in [3.63, 3.8) is 0 Å². The van der Waals surface area contributed by atoms with Crippen LogP contribution in [-0.4, -0.2) is 31.0 Å². The number of piperidine rings is 1. The summed E-state index contributed by atoms with van der Waals surface area (Å²) in [6, 6.07) is 5.54. The first-order valence-electron chi connectivity index (χ1n) is 6.96. The van der Waals surface area contributed by atoms with E-state index < -0.39 is 13.0 Å². The lowest BCUT2D eigenvalue weighted by molar-refractivity contribution is 0.0805. The molecule has 1 atom stereocenters. The van der Waals surface area contributed by atoms with Gasteiger partial charge in [-0.25, -0.2) is 8.78 Å². The molecule has 1 aliphatic rings. The van der Waals surface area contributed by atoms with Gasteiger partial charge in [0.2, 0.25) is 0 Å². The lowest BCUT2D eigenvalue weighted by atomic mass is 10.00. The van der Waals surface area contributed by atoms with Crippen molar-refractivity contribution in [3.05, 3.63) is 28.2 Å². The van der Waals surface area contributed by atoms with Crippen LogP contribution in [0.15, 0.2) is 22.7 Å². The minimum atomic E-state index is -2.44. The SMILES string of the molecule is CC1CCCN(Cc2cc(Br)ccc2OCC(F)F)C1. The zero-order valence-corrected chi connectivity index (χ0v) is 13.2. The fourth-order valence-corrected chi connectivity index (χ4v) is 3.04. The standard InChI is InChI=1S/C15H20BrF2NO/c1-11-3-2-6-19(8-11)9-12-7-13(16)4-5-14(12)20-10-15(17)18/h4-5,7,11,15H,2-3,6,8-10H2,1H3. The van der Waals surface area contributed by atoms with Crippen molar-refractivity contribution in [2.75, 3.05) is 19.7 Å². The molecule has 1 aromatic rings. The van der Waals surface area contributed by atoms with E-state index in [2.05, 4.69) is 27.8 Å². The smallest absolute Gasteiger partial charge is 0.272 e. The zero-order chi connectivity index (χ0) is 14.5. The molecular formula is C15H20BrF2NO. The Morgan fingerprint density at radius 2 is 2.25 bits per heavy atom. The summed E-state index contributed by atoms with van der Waals surface area (Å²) in [6.07, 6.45) is 0.0214. The Labute approximate surface area is 127 Å². The van der Waals surface area contributed by atoms with Crippen LogP contribution in [0, 0.1) is 5.92 Å². The first kappa shape index (κ1) is 15.7. The van der Waals surface area contributed by atoms with E-state index in [1.807, 2.05) is 12.1 Å². The number of ether oxygens (including phenoxy) is 1. The van der Waals surface area contributed by atoms with E-state index in [1.165, 1.54) is 12.8 Å². The molecule has 5 heteroatoms. The molecule has 0 bridgehead atoms. The summed E-state index contributed by atoms with van der Waals surface area (Å²) in [4.78, 5) is 2.37. The van der Waals surface area contributed by atoms with Crippen LogP contribution in [0.2, 0.25) is 0 Å². The van der Waals surface area contributed by atoms with Gasteiger partial charge in [-0.05, 0) is 43.5 Å². The average molecular weight is 348 g/mol. The van der Waals surface area contributed by atoms with Crippen molar-refractivity contribution in [1.82, 2.24) is 4.90 Å². The molecule has 20 heavy (non-hydrogen) atoms. The van der Waals surface area contributed by atoms with Gasteiger partial charge >= 0.3 is 0 Å². The van der Waals surface area contributed by atoms with Gasteiger partial charge in [0.25, 0.3) is 6.43 Å². The Balaban J connectivity index is 2.06. The summed E-state index contributed by atoms with van der Waals surface area (Å²) in [5.41, 5.74) is 0.967. The fourth-order valence-electron chi connectivity index (χ4n) is 2.64. The van der Waals surface area contributed by atoms with Gasteiger partial charge in [0, 0.05) is 23.1 Å². The lowest BCUT2D eigenvalue weighted by Gasteiger charge is -2.31. The van der Waals surface area contributed by atoms with Crippen LogP contribution in [0.5, 0.6) is 5.75 Å². The Bertz CT molecular complexity index is 442. The summed E-state index contributed by atoms with van der Waals surface area (Å²) in [5.74, 6) is 1.26. The van der Waals surface area contributed by atoms with Crippen LogP contribution in [0.1, 0.15) is 25.3 Å². The molecule has 0 aromatic heterocycles. The van der Waals surface area contributed by atoms with Crippen LogP contribution in [-0.2, 0) is 6.54 Å². The largest absolute Gasteiger partial charge is 0.487 e. The highest BCUT2D eigenvalue weighted by Crippen LogP contribution is 2.27. The van der Waals surface area contributed by atoms with Crippen molar-refractivity contribution in [1.29, 1.82) is 0 Å². The molecule has 1 heterocycles. The van der Waals surface area contributed by atoms with Crippen LogP contribution < -0.4 is 4.74 Å². The summed E-state index contributed by atoms with van der Waals surface area (Å²) < 4.78 is 30.8. The second kappa shape index (κ2) is 7.36. The molecule has 0 saturated carbocycles. The number of nitrogens with zero attached hydrogens (tertiary/aromatic N) is 1. The topological polar surface area (TPSA) is 12.5 Å². The number of hydrogen-bond donors (Lipinski definition) is 0. The van der Waals surface area contributed by atoms with Gasteiger partial charge in [0.15, 0.2) is 0 Å². The summed E-state index contributed by atoms with van der Waals surface area (Å²) in [5, 5.41) is 0. The van der Waals surface area contributed by atoms with E-state index in [0.29, 0.717) is 11.7 Å². The molecule has 112 valence electrons. The van der Waals surface area contributed by atoms with Crippen LogP contribution in [0.4, 0.5) is 8.78 Å². The Kier molecular flexibility index (Phi) is 5.78. The van der Waals surface area contributed by atoms with E-state index in [9.17, 15) is 8.78 Å². The number of likely N-dealkylation sites (tertiary alicyclic amines) is 1. The Morgan fingerprint density at radius 1 is 1.45 bits per heavy atom. The predicted molar refractivity (Wildman–Crippen MR) is 79.3 cm³/mol. The third-order valence-corrected chi connectivity index (χ3v) is 4.02. The highest BCUT2D eigenvalue weighted by molar-refractivity contribution is 9.10. The van der Waals surface area contributed by atoms with Gasteiger partial charge in [-0.1, -0.05) is 22.9 Å². The van der Waals surface area contributed by atoms with Crippen molar-refractivity contribution < 1.29 is 13.5 Å². The molecule has 0 spiro atoms. The molecule has 0 amide bonds. The molecule has 1 fully saturated rings. The van der Waals surface area contributed by atoms with Crippen molar-refractivity contribution in [3.8, 4) is 5.75 Å². The van der Waals surface area contributed by atoms with Gasteiger partial charge in [-0.15, -0.1) is 0 Å². The third kappa shape index (κ3) is 4.70. The molecule has 1 saturated heterocycles. The predicted octanol–water partition coefficient (Wildman–Crippen LogP) is 4.32. The van der Waals surface area contributed by atoms with E-state index in [4.69, 9.17) is 4.74 Å². The van der Waals surface area contributed by atoms with Crippen LogP contribution in [0.25, 0.3) is 0 Å². The van der Waals surface area contributed by atoms with Gasteiger partial charge in [0.1, 0.15) is 12.4 Å². The van der Waals surface area contributed by atoms with Gasteiger partial charge in [-0.3, -0.25) is 4.90 Å². The van der Waals surface area contributed by atoms with Crippen molar-refractivity contribution in [2.45, 2.75) is 32.7 Å². The summed E-state index contributed by atoms with van der Waals surface area (Å²) in [7, 11) is 0. The Morgan fingerprint density at radius 3 is 2.95 bits per heavy atom. The molecule has 0 aliphatic carbocycles. The molecule has 2 nitrogen and oxygen atoms in total. The summed E-state index contributed by atoms with van der Waals surface area (Å²) in [6.45, 7) is 4.57. The second-order valence-corrected chi connectivity index (χ2v) is 6.35. The molecule has 0 radical (unpaired) electrons. The van der Waals surface area contributed by atoms with Crippen molar-refractivity contribution >= 4 is 15.9 Å². The highest BCUT2D eigenvalue weighted by atomic mass is 79.9. The van der Waals surface area contributed by atoms with E-state index in [1.54, 1.807) is 6.07 Å². The molecule has 0 N–H and O–H groups in total. The zero-order valence-electron chi connectivity index (χ0n) is 11.6. The number of hydrogen-bond acceptors (Lipinski definition) is 2. The molecule has 1 unspecified atom stereocenters. The van der Waals surface area contributed by atoms with Crippen LogP contribution in [0.3, 0.4) is 0 Å². The van der Waals surface area contributed by atoms with Crippen molar-refractivity contribution in [2.24, 2.45) is 5.92 Å². The van der Waals surface area contributed by atoms with E-state index >= 15 is 0 Å². The minimum Gasteiger partial charge on any atom is -0.487 e. The first-order chi connectivity index (χ1) is 9.54. The maximum atomic E-state index is 12.3. The molecular weight excluding hydrogens is 328 g/mol. The number of halogens is 3. The number of alkyl halides is 2. The van der Waals surface area contributed by atoms with Gasteiger partial charge < -0.3 is 4.74 Å². The number of rotatable bonds is 5. The van der Waals surface area contributed by atoms with Crippen LogP contribution >= 0.6 is 15.9 Å². The van der Waals surface area contributed by atoms with E-state index in [0.717, 1.165) is 29.7 Å². The quantitative estimate of drug-likeness (QED) is 0.786. The molecule has 1 aliphatic heterocycles. The Hall–Kier alpha value is -0.680. The van der Waals surface area contributed by atoms with Gasteiger partial charge in [-0.2, -0.15) is 0 Å². The molecule has 1 aromatic carbocycles. The maximum Gasteiger partial charge on any atom is 0.272 e. The first-order valence-corrected chi connectivity index (χ1v) is 7.75.